The fourth-order valence-corrected chi connectivity index (χ4v) is 2.03. The maximum Gasteiger partial charge on any atom is 0.253 e. The number of carbonyl (C=O) groups excluding carboxylic acids is 2. The molecule has 2 aromatic rings. The lowest BCUT2D eigenvalue weighted by Gasteiger charge is -2.17. The van der Waals surface area contributed by atoms with Crippen LogP contribution in [-0.2, 0) is 11.8 Å². The van der Waals surface area contributed by atoms with Crippen molar-refractivity contribution in [2.75, 3.05) is 7.05 Å². The van der Waals surface area contributed by atoms with Crippen molar-refractivity contribution in [2.45, 2.75) is 6.04 Å². The van der Waals surface area contributed by atoms with Gasteiger partial charge in [0.2, 0.25) is 11.5 Å². The Kier molecular flexibility index (Phi) is 4.73. The minimum Gasteiger partial charge on any atom is -0.357 e. The molecule has 114 valence electrons. The molecule has 0 spiro atoms. The summed E-state index contributed by atoms with van der Waals surface area (Å²) in [5, 5.41) is 5.21. The number of hydrogen-bond acceptors (Lipinski definition) is 3. The number of hydrogen-bond donors (Lipinski definition) is 2. The summed E-state index contributed by atoms with van der Waals surface area (Å²) in [7, 11) is 3.07. The maximum atomic E-state index is 12.3. The number of aromatic nitrogens is 1. The Hall–Kier alpha value is -2.89. The van der Waals surface area contributed by atoms with Crippen LogP contribution in [0.5, 0.6) is 0 Å². The van der Waals surface area contributed by atoms with Crippen molar-refractivity contribution in [2.24, 2.45) is 7.05 Å². The third-order valence-corrected chi connectivity index (χ3v) is 3.26. The van der Waals surface area contributed by atoms with Gasteiger partial charge in [0.15, 0.2) is 0 Å². The standard InChI is InChI=1S/C16H17N3O3/c1-17-16(22)14(11-6-4-3-5-7-11)18-15(21)12-8-9-13(20)19(2)10-12/h3-10,14H,1-2H3,(H,17,22)(H,18,21). The van der Waals surface area contributed by atoms with Gasteiger partial charge in [-0.25, -0.2) is 0 Å². The number of nitrogens with zero attached hydrogens (tertiary/aromatic N) is 1. The Balaban J connectivity index is 2.27. The van der Waals surface area contributed by atoms with Gasteiger partial charge in [0, 0.05) is 26.4 Å². The molecule has 2 N–H and O–H groups in total. The summed E-state index contributed by atoms with van der Waals surface area (Å²) in [6.07, 6.45) is 1.43. The first kappa shape index (κ1) is 15.5. The molecule has 1 aromatic heterocycles. The summed E-state index contributed by atoms with van der Waals surface area (Å²) in [6, 6.07) is 10.9. The highest BCUT2D eigenvalue weighted by atomic mass is 16.2. The number of nitrogens with one attached hydrogen (secondary N) is 2. The second-order valence-electron chi connectivity index (χ2n) is 4.80. The number of likely N-dealkylation sites (N-methyl/N-ethyl adjacent to an activating group) is 1. The van der Waals surface area contributed by atoms with Crippen LogP contribution in [0.25, 0.3) is 0 Å². The zero-order chi connectivity index (χ0) is 16.1. The molecule has 0 fully saturated rings. The average Bonchev–Trinajstić information content (AvgIpc) is 2.55. The van der Waals surface area contributed by atoms with Crippen molar-refractivity contribution in [1.29, 1.82) is 0 Å². The fourth-order valence-electron chi connectivity index (χ4n) is 2.03. The van der Waals surface area contributed by atoms with E-state index >= 15 is 0 Å². The Morgan fingerprint density at radius 1 is 1.09 bits per heavy atom. The number of carbonyl (C=O) groups is 2. The van der Waals surface area contributed by atoms with Gasteiger partial charge >= 0.3 is 0 Å². The molecule has 0 bridgehead atoms. The predicted molar refractivity (Wildman–Crippen MR) is 82.4 cm³/mol. The Morgan fingerprint density at radius 3 is 2.36 bits per heavy atom. The SMILES string of the molecule is CNC(=O)C(NC(=O)c1ccc(=O)n(C)c1)c1ccccc1. The quantitative estimate of drug-likeness (QED) is 0.867. The molecule has 0 aliphatic heterocycles. The van der Waals surface area contributed by atoms with Crippen molar-refractivity contribution in [3.8, 4) is 0 Å². The van der Waals surface area contributed by atoms with E-state index in [0.717, 1.165) is 0 Å². The lowest BCUT2D eigenvalue weighted by atomic mass is 10.1. The third-order valence-electron chi connectivity index (χ3n) is 3.26. The highest BCUT2D eigenvalue weighted by Gasteiger charge is 2.22. The smallest absolute Gasteiger partial charge is 0.253 e. The Labute approximate surface area is 127 Å². The lowest BCUT2D eigenvalue weighted by Crippen LogP contribution is -2.39. The van der Waals surface area contributed by atoms with E-state index in [2.05, 4.69) is 10.6 Å². The molecular formula is C16H17N3O3. The minimum absolute atomic E-state index is 0.206. The first-order valence-corrected chi connectivity index (χ1v) is 6.77. The molecule has 1 aromatic carbocycles. The lowest BCUT2D eigenvalue weighted by molar-refractivity contribution is -0.122. The first-order valence-electron chi connectivity index (χ1n) is 6.77. The van der Waals surface area contributed by atoms with E-state index in [1.165, 1.54) is 29.9 Å². The number of aryl methyl sites for hydroxylation is 1. The van der Waals surface area contributed by atoms with Crippen molar-refractivity contribution in [3.63, 3.8) is 0 Å². The second-order valence-corrected chi connectivity index (χ2v) is 4.80. The normalized spacial score (nSPS) is 11.5. The van der Waals surface area contributed by atoms with E-state index in [9.17, 15) is 14.4 Å². The largest absolute Gasteiger partial charge is 0.357 e. The van der Waals surface area contributed by atoms with Crippen molar-refractivity contribution in [3.05, 3.63) is 70.1 Å². The van der Waals surface area contributed by atoms with Crippen LogP contribution in [0, 0.1) is 0 Å². The van der Waals surface area contributed by atoms with E-state index in [4.69, 9.17) is 0 Å². The van der Waals surface area contributed by atoms with Crippen LogP contribution in [-0.4, -0.2) is 23.4 Å². The fraction of sp³-hybridized carbons (Fsp3) is 0.188. The van der Waals surface area contributed by atoms with E-state index in [1.54, 1.807) is 31.3 Å². The van der Waals surface area contributed by atoms with Crippen LogP contribution in [0.15, 0.2) is 53.5 Å². The van der Waals surface area contributed by atoms with Crippen LogP contribution in [0.3, 0.4) is 0 Å². The van der Waals surface area contributed by atoms with Gasteiger partial charge in [0.05, 0.1) is 5.56 Å². The molecule has 2 amide bonds. The third kappa shape index (κ3) is 3.41. The van der Waals surface area contributed by atoms with Gasteiger partial charge in [-0.1, -0.05) is 30.3 Å². The van der Waals surface area contributed by atoms with Crippen LogP contribution in [0.2, 0.25) is 0 Å². The molecule has 0 aliphatic carbocycles. The molecule has 22 heavy (non-hydrogen) atoms. The number of rotatable bonds is 4. The molecule has 0 saturated heterocycles. The number of benzene rings is 1. The van der Waals surface area contributed by atoms with Gasteiger partial charge in [-0.2, -0.15) is 0 Å². The second kappa shape index (κ2) is 6.71. The zero-order valence-corrected chi connectivity index (χ0v) is 12.4. The topological polar surface area (TPSA) is 80.2 Å². The summed E-state index contributed by atoms with van der Waals surface area (Å²) < 4.78 is 1.31. The molecule has 1 heterocycles. The van der Waals surface area contributed by atoms with Crippen LogP contribution >= 0.6 is 0 Å². The summed E-state index contributed by atoms with van der Waals surface area (Å²) in [4.78, 5) is 35.7. The Morgan fingerprint density at radius 2 is 1.77 bits per heavy atom. The summed E-state index contributed by atoms with van der Waals surface area (Å²) >= 11 is 0. The highest BCUT2D eigenvalue weighted by molar-refractivity contribution is 5.97. The molecular weight excluding hydrogens is 282 g/mol. The molecule has 6 nitrogen and oxygen atoms in total. The highest BCUT2D eigenvalue weighted by Crippen LogP contribution is 2.13. The van der Waals surface area contributed by atoms with Gasteiger partial charge in [-0.15, -0.1) is 0 Å². The summed E-state index contributed by atoms with van der Waals surface area (Å²) in [5.41, 5.74) is 0.786. The van der Waals surface area contributed by atoms with Gasteiger partial charge in [-0.3, -0.25) is 14.4 Å². The molecule has 2 rings (SSSR count). The Bertz CT molecular complexity index is 738. The van der Waals surface area contributed by atoms with Crippen molar-refractivity contribution >= 4 is 11.8 Å². The minimum atomic E-state index is -0.795. The van der Waals surface area contributed by atoms with Gasteiger partial charge in [0.1, 0.15) is 6.04 Å². The summed E-state index contributed by atoms with van der Waals surface area (Å²) in [6.45, 7) is 0. The van der Waals surface area contributed by atoms with Crippen molar-refractivity contribution < 1.29 is 9.59 Å². The van der Waals surface area contributed by atoms with E-state index in [0.29, 0.717) is 11.1 Å². The zero-order valence-electron chi connectivity index (χ0n) is 12.4. The van der Waals surface area contributed by atoms with E-state index in [1.807, 2.05) is 6.07 Å². The molecule has 6 heteroatoms. The molecule has 0 saturated carbocycles. The number of pyridine rings is 1. The average molecular weight is 299 g/mol. The predicted octanol–water partition coefficient (Wildman–Crippen LogP) is 0.602. The van der Waals surface area contributed by atoms with Crippen LogP contribution < -0.4 is 16.2 Å². The number of amides is 2. The van der Waals surface area contributed by atoms with Gasteiger partial charge in [0.25, 0.3) is 5.91 Å². The maximum absolute atomic E-state index is 12.3. The van der Waals surface area contributed by atoms with Crippen LogP contribution in [0.1, 0.15) is 22.0 Å². The molecule has 0 aliphatic rings. The van der Waals surface area contributed by atoms with Crippen LogP contribution in [0.4, 0.5) is 0 Å². The first-order chi connectivity index (χ1) is 10.5. The monoisotopic (exact) mass is 299 g/mol. The molecule has 1 atom stereocenters. The van der Waals surface area contributed by atoms with Crippen molar-refractivity contribution in [1.82, 2.24) is 15.2 Å². The summed E-state index contributed by atoms with van der Waals surface area (Å²) in [5.74, 6) is -0.738. The van der Waals surface area contributed by atoms with E-state index < -0.39 is 11.9 Å². The molecule has 1 unspecified atom stereocenters. The van der Waals surface area contributed by atoms with Gasteiger partial charge in [-0.05, 0) is 11.6 Å². The molecule has 0 radical (unpaired) electrons. The van der Waals surface area contributed by atoms with E-state index in [-0.39, 0.29) is 11.5 Å². The van der Waals surface area contributed by atoms with Gasteiger partial charge < -0.3 is 15.2 Å².